The molecule has 1 aliphatic rings. The minimum Gasteiger partial charge on any atom is -0.306 e. The molecular formula is C14H27NO. The second-order valence-electron chi connectivity index (χ2n) is 5.76. The lowest BCUT2D eigenvalue weighted by Gasteiger charge is -2.28. The highest BCUT2D eigenvalue weighted by atomic mass is 16.1. The zero-order valence-corrected chi connectivity index (χ0v) is 11.2. The second kappa shape index (κ2) is 7.05. The van der Waals surface area contributed by atoms with Gasteiger partial charge >= 0.3 is 0 Å². The molecule has 0 aromatic rings. The van der Waals surface area contributed by atoms with Gasteiger partial charge < -0.3 is 4.90 Å². The van der Waals surface area contributed by atoms with Crippen LogP contribution in [0, 0.1) is 11.8 Å². The van der Waals surface area contributed by atoms with E-state index in [0.717, 1.165) is 31.6 Å². The summed E-state index contributed by atoms with van der Waals surface area (Å²) in [6, 6.07) is 0. The molecule has 0 unspecified atom stereocenters. The van der Waals surface area contributed by atoms with Gasteiger partial charge in [0.2, 0.25) is 0 Å². The third-order valence-electron chi connectivity index (χ3n) is 3.67. The molecule has 0 radical (unpaired) electrons. The third kappa shape index (κ3) is 5.64. The Morgan fingerprint density at radius 2 is 1.88 bits per heavy atom. The SMILES string of the molecule is CC(C)CCC(=O)CCC1CCN(C)CC1. The molecule has 1 heterocycles. The van der Waals surface area contributed by atoms with E-state index < -0.39 is 0 Å². The monoisotopic (exact) mass is 225 g/mol. The Bertz CT molecular complexity index is 205. The topological polar surface area (TPSA) is 20.3 Å². The van der Waals surface area contributed by atoms with Crippen molar-refractivity contribution in [2.45, 2.75) is 52.4 Å². The number of Topliss-reactive ketones (excluding diaryl/α,β-unsaturated/α-hetero) is 1. The molecule has 0 atom stereocenters. The van der Waals surface area contributed by atoms with Crippen LogP contribution < -0.4 is 0 Å². The number of rotatable bonds is 6. The molecule has 0 N–H and O–H groups in total. The number of piperidine rings is 1. The van der Waals surface area contributed by atoms with E-state index in [-0.39, 0.29) is 0 Å². The Balaban J connectivity index is 2.07. The molecule has 1 fully saturated rings. The molecule has 0 saturated carbocycles. The van der Waals surface area contributed by atoms with Crippen LogP contribution in [0.1, 0.15) is 52.4 Å². The summed E-state index contributed by atoms with van der Waals surface area (Å²) in [6.45, 7) is 6.80. The highest BCUT2D eigenvalue weighted by Crippen LogP contribution is 2.21. The minimum atomic E-state index is 0.479. The number of ketones is 1. The predicted octanol–water partition coefficient (Wildman–Crippen LogP) is 3.11. The molecule has 1 rings (SSSR count). The van der Waals surface area contributed by atoms with Crippen LogP contribution in [0.2, 0.25) is 0 Å². The smallest absolute Gasteiger partial charge is 0.132 e. The van der Waals surface area contributed by atoms with Gasteiger partial charge in [-0.3, -0.25) is 4.79 Å². The lowest BCUT2D eigenvalue weighted by molar-refractivity contribution is -0.119. The van der Waals surface area contributed by atoms with Crippen LogP contribution in [0.4, 0.5) is 0 Å². The van der Waals surface area contributed by atoms with Crippen molar-refractivity contribution < 1.29 is 4.79 Å². The zero-order chi connectivity index (χ0) is 12.0. The average molecular weight is 225 g/mol. The van der Waals surface area contributed by atoms with E-state index in [4.69, 9.17) is 0 Å². The van der Waals surface area contributed by atoms with Crippen LogP contribution in [-0.2, 0) is 4.79 Å². The van der Waals surface area contributed by atoms with E-state index in [1.54, 1.807) is 0 Å². The summed E-state index contributed by atoms with van der Waals surface area (Å²) in [5, 5.41) is 0. The Labute approximate surface area is 100 Å². The van der Waals surface area contributed by atoms with Crippen LogP contribution >= 0.6 is 0 Å². The number of carbonyl (C=O) groups excluding carboxylic acids is 1. The first-order valence-electron chi connectivity index (χ1n) is 6.78. The number of nitrogens with zero attached hydrogens (tertiary/aromatic N) is 1. The van der Waals surface area contributed by atoms with E-state index in [1.165, 1.54) is 25.9 Å². The maximum atomic E-state index is 11.6. The fourth-order valence-electron chi connectivity index (χ4n) is 2.29. The van der Waals surface area contributed by atoms with Crippen molar-refractivity contribution in [2.75, 3.05) is 20.1 Å². The Morgan fingerprint density at radius 3 is 2.44 bits per heavy atom. The van der Waals surface area contributed by atoms with Gasteiger partial charge in [-0.1, -0.05) is 13.8 Å². The van der Waals surface area contributed by atoms with Crippen LogP contribution in [0.5, 0.6) is 0 Å². The fourth-order valence-corrected chi connectivity index (χ4v) is 2.29. The number of carbonyl (C=O) groups is 1. The molecule has 0 amide bonds. The summed E-state index contributed by atoms with van der Waals surface area (Å²) in [7, 11) is 2.18. The summed E-state index contributed by atoms with van der Waals surface area (Å²) < 4.78 is 0. The minimum absolute atomic E-state index is 0.479. The molecule has 94 valence electrons. The maximum absolute atomic E-state index is 11.6. The highest BCUT2D eigenvalue weighted by molar-refractivity contribution is 5.78. The van der Waals surface area contributed by atoms with Crippen molar-refractivity contribution in [3.8, 4) is 0 Å². The first-order chi connectivity index (χ1) is 7.58. The van der Waals surface area contributed by atoms with E-state index in [9.17, 15) is 4.79 Å². The normalized spacial score (nSPS) is 19.2. The predicted molar refractivity (Wildman–Crippen MR) is 68.5 cm³/mol. The van der Waals surface area contributed by atoms with E-state index in [2.05, 4.69) is 25.8 Å². The number of likely N-dealkylation sites (tertiary alicyclic amines) is 1. The summed E-state index contributed by atoms with van der Waals surface area (Å²) in [5.41, 5.74) is 0. The van der Waals surface area contributed by atoms with Gasteiger partial charge in [-0.2, -0.15) is 0 Å². The zero-order valence-electron chi connectivity index (χ0n) is 11.2. The van der Waals surface area contributed by atoms with Crippen LogP contribution in [0.3, 0.4) is 0 Å². The summed E-state index contributed by atoms with van der Waals surface area (Å²) in [5.74, 6) is 1.94. The van der Waals surface area contributed by atoms with Crippen LogP contribution in [-0.4, -0.2) is 30.8 Å². The van der Waals surface area contributed by atoms with Gasteiger partial charge in [0.25, 0.3) is 0 Å². The lowest BCUT2D eigenvalue weighted by Crippen LogP contribution is -2.30. The Kier molecular flexibility index (Phi) is 6.04. The summed E-state index contributed by atoms with van der Waals surface area (Å²) >= 11 is 0. The molecule has 0 aliphatic carbocycles. The molecule has 2 nitrogen and oxygen atoms in total. The highest BCUT2D eigenvalue weighted by Gasteiger charge is 2.17. The van der Waals surface area contributed by atoms with Gasteiger partial charge in [-0.15, -0.1) is 0 Å². The lowest BCUT2D eigenvalue weighted by atomic mass is 9.90. The standard InChI is InChI=1S/C14H27NO/c1-12(2)4-6-14(16)7-5-13-8-10-15(3)11-9-13/h12-13H,4-11H2,1-3H3. The maximum Gasteiger partial charge on any atom is 0.132 e. The molecule has 1 aliphatic heterocycles. The first kappa shape index (κ1) is 13.7. The number of hydrogen-bond acceptors (Lipinski definition) is 2. The van der Waals surface area contributed by atoms with Crippen molar-refractivity contribution in [2.24, 2.45) is 11.8 Å². The van der Waals surface area contributed by atoms with Gasteiger partial charge in [-0.05, 0) is 57.7 Å². The largest absolute Gasteiger partial charge is 0.306 e. The van der Waals surface area contributed by atoms with Gasteiger partial charge in [0.1, 0.15) is 5.78 Å². The Morgan fingerprint density at radius 1 is 1.25 bits per heavy atom. The molecule has 0 spiro atoms. The molecule has 16 heavy (non-hydrogen) atoms. The quantitative estimate of drug-likeness (QED) is 0.692. The van der Waals surface area contributed by atoms with Crippen molar-refractivity contribution in [3.63, 3.8) is 0 Å². The number of hydrogen-bond donors (Lipinski definition) is 0. The molecular weight excluding hydrogens is 198 g/mol. The van der Waals surface area contributed by atoms with Crippen LogP contribution in [0.15, 0.2) is 0 Å². The molecule has 0 aromatic heterocycles. The van der Waals surface area contributed by atoms with Crippen molar-refractivity contribution in [1.29, 1.82) is 0 Å². The van der Waals surface area contributed by atoms with E-state index in [1.807, 2.05) is 0 Å². The second-order valence-corrected chi connectivity index (χ2v) is 5.76. The van der Waals surface area contributed by atoms with Gasteiger partial charge in [0.05, 0.1) is 0 Å². The fraction of sp³-hybridized carbons (Fsp3) is 0.929. The van der Waals surface area contributed by atoms with E-state index in [0.29, 0.717) is 11.7 Å². The van der Waals surface area contributed by atoms with Crippen molar-refractivity contribution >= 4 is 5.78 Å². The molecule has 0 aromatic carbocycles. The summed E-state index contributed by atoms with van der Waals surface area (Å²) in [4.78, 5) is 14.0. The third-order valence-corrected chi connectivity index (χ3v) is 3.67. The molecule has 2 heteroatoms. The average Bonchev–Trinajstić information content (AvgIpc) is 2.25. The molecule has 0 bridgehead atoms. The summed E-state index contributed by atoms with van der Waals surface area (Å²) in [6.07, 6.45) is 6.38. The first-order valence-corrected chi connectivity index (χ1v) is 6.78. The van der Waals surface area contributed by atoms with Crippen LogP contribution in [0.25, 0.3) is 0 Å². The van der Waals surface area contributed by atoms with Gasteiger partial charge in [-0.25, -0.2) is 0 Å². The molecule has 1 saturated heterocycles. The van der Waals surface area contributed by atoms with E-state index >= 15 is 0 Å². The van der Waals surface area contributed by atoms with Gasteiger partial charge in [0.15, 0.2) is 0 Å². The van der Waals surface area contributed by atoms with Crippen molar-refractivity contribution in [3.05, 3.63) is 0 Å². The Hall–Kier alpha value is -0.370. The van der Waals surface area contributed by atoms with Crippen molar-refractivity contribution in [1.82, 2.24) is 4.90 Å². The van der Waals surface area contributed by atoms with Gasteiger partial charge in [0, 0.05) is 12.8 Å².